The highest BCUT2D eigenvalue weighted by Gasteiger charge is 2.45. The highest BCUT2D eigenvalue weighted by atomic mass is 16.5. The van der Waals surface area contributed by atoms with Crippen LogP contribution in [0.2, 0.25) is 0 Å². The second-order valence-corrected chi connectivity index (χ2v) is 5.77. The van der Waals surface area contributed by atoms with Crippen molar-refractivity contribution >= 4 is 5.78 Å². The van der Waals surface area contributed by atoms with E-state index in [1.165, 1.54) is 12.8 Å². The summed E-state index contributed by atoms with van der Waals surface area (Å²) in [7, 11) is 1.62. The Hall–Kier alpha value is -1.35. The van der Waals surface area contributed by atoms with Gasteiger partial charge >= 0.3 is 0 Å². The van der Waals surface area contributed by atoms with Gasteiger partial charge in [0, 0.05) is 5.56 Å². The monoisotopic (exact) mass is 260 g/mol. The molecule has 2 aliphatic carbocycles. The minimum atomic E-state index is 0.0206. The van der Waals surface area contributed by atoms with Crippen molar-refractivity contribution in [3.05, 3.63) is 29.8 Å². The van der Waals surface area contributed by atoms with Gasteiger partial charge in [0.05, 0.1) is 12.7 Å². The van der Waals surface area contributed by atoms with Crippen molar-refractivity contribution in [3.63, 3.8) is 0 Å². The van der Waals surface area contributed by atoms with E-state index in [2.05, 4.69) is 0 Å². The van der Waals surface area contributed by atoms with E-state index in [0.717, 1.165) is 30.9 Å². The normalized spacial score (nSPS) is 28.6. The number of rotatable bonds is 5. The van der Waals surface area contributed by atoms with Crippen LogP contribution in [0.4, 0.5) is 0 Å². The zero-order valence-electron chi connectivity index (χ0n) is 11.4. The maximum Gasteiger partial charge on any atom is 0.188 e. The summed E-state index contributed by atoms with van der Waals surface area (Å²) in [6.45, 7) is 0.207. The number of benzene rings is 1. The summed E-state index contributed by atoms with van der Waals surface area (Å²) in [5.74, 6) is 1.67. The van der Waals surface area contributed by atoms with Gasteiger partial charge in [0.1, 0.15) is 12.4 Å². The van der Waals surface area contributed by atoms with Gasteiger partial charge in [-0.25, -0.2) is 0 Å². The molecule has 0 unspecified atom stereocenters. The molecule has 3 nitrogen and oxygen atoms in total. The van der Waals surface area contributed by atoms with Crippen molar-refractivity contribution < 1.29 is 14.3 Å². The van der Waals surface area contributed by atoms with E-state index >= 15 is 0 Å². The molecule has 0 atom stereocenters. The number of carbonyl (C=O) groups excluding carboxylic acids is 1. The van der Waals surface area contributed by atoms with Crippen LogP contribution < -0.4 is 4.74 Å². The molecule has 2 bridgehead atoms. The molecular formula is C16H20O3. The molecular weight excluding hydrogens is 240 g/mol. The first kappa shape index (κ1) is 12.7. The Balaban J connectivity index is 1.58. The first-order valence-corrected chi connectivity index (χ1v) is 7.02. The van der Waals surface area contributed by atoms with Gasteiger partial charge in [-0.15, -0.1) is 0 Å². The second-order valence-electron chi connectivity index (χ2n) is 5.77. The van der Waals surface area contributed by atoms with Crippen LogP contribution in [0.3, 0.4) is 0 Å². The molecule has 0 heterocycles. The third-order valence-corrected chi connectivity index (χ3v) is 4.60. The smallest absolute Gasteiger partial charge is 0.188 e. The van der Waals surface area contributed by atoms with Crippen LogP contribution >= 0.6 is 0 Å². The first-order chi connectivity index (χ1) is 9.21. The molecule has 1 aromatic carbocycles. The van der Waals surface area contributed by atoms with Crippen molar-refractivity contribution in [1.82, 2.24) is 0 Å². The Bertz CT molecular complexity index is 455. The predicted molar refractivity (Wildman–Crippen MR) is 72.6 cm³/mol. The van der Waals surface area contributed by atoms with Crippen molar-refractivity contribution in [2.24, 2.45) is 5.92 Å². The average Bonchev–Trinajstić information content (AvgIpc) is 3.06. The molecule has 3 heteroatoms. The largest absolute Gasteiger partial charge is 0.497 e. The van der Waals surface area contributed by atoms with Gasteiger partial charge in [-0.3, -0.25) is 4.79 Å². The van der Waals surface area contributed by atoms with Crippen LogP contribution in [0, 0.1) is 5.92 Å². The lowest BCUT2D eigenvalue weighted by atomic mass is 9.97. The Morgan fingerprint density at radius 1 is 1.26 bits per heavy atom. The molecule has 0 aromatic heterocycles. The molecule has 0 aliphatic heterocycles. The summed E-state index contributed by atoms with van der Waals surface area (Å²) in [6, 6.07) is 7.22. The number of methoxy groups -OCH3 is 1. The zero-order chi connectivity index (χ0) is 13.3. The van der Waals surface area contributed by atoms with Crippen LogP contribution in [0.15, 0.2) is 24.3 Å². The van der Waals surface area contributed by atoms with Crippen LogP contribution in [0.25, 0.3) is 0 Å². The average molecular weight is 260 g/mol. The Kier molecular flexibility index (Phi) is 3.31. The number of ketones is 1. The van der Waals surface area contributed by atoms with E-state index in [1.54, 1.807) is 19.2 Å². The Morgan fingerprint density at radius 3 is 2.47 bits per heavy atom. The predicted octanol–water partition coefficient (Wildman–Crippen LogP) is 3.23. The van der Waals surface area contributed by atoms with Crippen LogP contribution in [-0.2, 0) is 4.74 Å². The fourth-order valence-electron chi connectivity index (χ4n) is 3.42. The van der Waals surface area contributed by atoms with E-state index in [1.807, 2.05) is 12.1 Å². The van der Waals surface area contributed by atoms with Crippen LogP contribution in [-0.4, -0.2) is 25.1 Å². The quantitative estimate of drug-likeness (QED) is 0.762. The summed E-state index contributed by atoms with van der Waals surface area (Å²) in [5.41, 5.74) is 0.719. The summed E-state index contributed by atoms with van der Waals surface area (Å²) in [5, 5.41) is 0. The van der Waals surface area contributed by atoms with Crippen molar-refractivity contribution in [2.75, 3.05) is 13.7 Å². The SMILES string of the molecule is COc1ccc(C(=O)COC23CCC(CC2)C3)cc1. The number of Topliss-reactive ketones (excluding diaryl/α,β-unsaturated/α-hetero) is 1. The standard InChI is InChI=1S/C16H20O3/c1-18-14-4-2-13(3-5-14)15(17)11-19-16-8-6-12(10-16)7-9-16/h2-5,12H,6-11H2,1H3. The lowest BCUT2D eigenvalue weighted by Gasteiger charge is -2.26. The third-order valence-electron chi connectivity index (χ3n) is 4.60. The molecule has 0 N–H and O–H groups in total. The highest BCUT2D eigenvalue weighted by Crippen LogP contribution is 2.49. The lowest BCUT2D eigenvalue weighted by Crippen LogP contribution is -2.29. The zero-order valence-corrected chi connectivity index (χ0v) is 11.4. The summed E-state index contributed by atoms with van der Waals surface area (Å²) in [4.78, 5) is 12.1. The molecule has 0 spiro atoms. The third kappa shape index (κ3) is 2.52. The van der Waals surface area contributed by atoms with Crippen LogP contribution in [0.5, 0.6) is 5.75 Å². The van der Waals surface area contributed by atoms with Gasteiger partial charge in [0.2, 0.25) is 0 Å². The number of ether oxygens (including phenoxy) is 2. The summed E-state index contributed by atoms with van der Waals surface area (Å²) >= 11 is 0. The molecule has 102 valence electrons. The van der Waals surface area contributed by atoms with Crippen molar-refractivity contribution in [2.45, 2.75) is 37.7 Å². The van der Waals surface area contributed by atoms with E-state index in [0.29, 0.717) is 5.56 Å². The Morgan fingerprint density at radius 2 is 1.95 bits per heavy atom. The fourth-order valence-corrected chi connectivity index (χ4v) is 3.42. The lowest BCUT2D eigenvalue weighted by molar-refractivity contribution is -0.0283. The molecule has 2 saturated carbocycles. The number of hydrogen-bond donors (Lipinski definition) is 0. The number of carbonyl (C=O) groups is 1. The van der Waals surface area contributed by atoms with Crippen LogP contribution in [0.1, 0.15) is 42.5 Å². The molecule has 0 amide bonds. The summed E-state index contributed by atoms with van der Waals surface area (Å²) < 4.78 is 11.1. The van der Waals surface area contributed by atoms with Gasteiger partial charge in [-0.2, -0.15) is 0 Å². The molecule has 3 rings (SSSR count). The maximum absolute atomic E-state index is 12.1. The number of hydrogen-bond acceptors (Lipinski definition) is 3. The van der Waals surface area contributed by atoms with Gasteiger partial charge < -0.3 is 9.47 Å². The van der Waals surface area contributed by atoms with Gasteiger partial charge in [-0.1, -0.05) is 0 Å². The molecule has 19 heavy (non-hydrogen) atoms. The van der Waals surface area contributed by atoms with E-state index in [9.17, 15) is 4.79 Å². The Labute approximate surface area is 113 Å². The van der Waals surface area contributed by atoms with Crippen molar-refractivity contribution in [3.8, 4) is 5.75 Å². The van der Waals surface area contributed by atoms with Crippen molar-refractivity contribution in [1.29, 1.82) is 0 Å². The second kappa shape index (κ2) is 4.97. The topological polar surface area (TPSA) is 35.5 Å². The molecule has 2 aliphatic rings. The van der Waals surface area contributed by atoms with E-state index in [4.69, 9.17) is 9.47 Å². The van der Waals surface area contributed by atoms with Gasteiger partial charge in [-0.05, 0) is 62.3 Å². The molecule has 0 radical (unpaired) electrons. The van der Waals surface area contributed by atoms with E-state index in [-0.39, 0.29) is 18.0 Å². The fraction of sp³-hybridized carbons (Fsp3) is 0.562. The summed E-state index contributed by atoms with van der Waals surface area (Å²) in [6.07, 6.45) is 5.97. The number of fused-ring (bicyclic) bond motifs is 2. The molecule has 0 saturated heterocycles. The minimum absolute atomic E-state index is 0.0206. The molecule has 2 fully saturated rings. The maximum atomic E-state index is 12.1. The molecule has 1 aromatic rings. The van der Waals surface area contributed by atoms with Gasteiger partial charge in [0.15, 0.2) is 5.78 Å². The van der Waals surface area contributed by atoms with Gasteiger partial charge in [0.25, 0.3) is 0 Å². The minimum Gasteiger partial charge on any atom is -0.497 e. The first-order valence-electron chi connectivity index (χ1n) is 7.02. The van der Waals surface area contributed by atoms with E-state index < -0.39 is 0 Å². The highest BCUT2D eigenvalue weighted by molar-refractivity contribution is 5.97.